The van der Waals surface area contributed by atoms with Crippen molar-refractivity contribution in [2.24, 2.45) is 5.41 Å². The number of esters is 1. The molecule has 3 aromatic carbocycles. The first-order valence-corrected chi connectivity index (χ1v) is 10.6. The van der Waals surface area contributed by atoms with Gasteiger partial charge in [-0.2, -0.15) is 0 Å². The molecule has 5 heteroatoms. The Hall–Kier alpha value is -3.47. The summed E-state index contributed by atoms with van der Waals surface area (Å²) in [5.41, 5.74) is -0.0213. The Morgan fingerprint density at radius 3 is 2.19 bits per heavy atom. The minimum absolute atomic E-state index is 0.129. The second kappa shape index (κ2) is 7.02. The van der Waals surface area contributed by atoms with Crippen LogP contribution < -0.4 is 4.74 Å². The number of ketones is 1. The molecule has 1 atom stereocenters. The fraction of sp³-hybridized carbons (Fsp3) is 0.259. The van der Waals surface area contributed by atoms with Gasteiger partial charge >= 0.3 is 5.97 Å². The number of hydrogen-bond donors (Lipinski definition) is 0. The minimum atomic E-state index is -1.57. The number of Topliss-reactive ketones (excluding diaryl/α,β-unsaturated/α-hetero) is 1. The zero-order valence-corrected chi connectivity index (χ0v) is 18.1. The maximum atomic E-state index is 14.1. The molecule has 32 heavy (non-hydrogen) atoms. The smallest absolute Gasteiger partial charge is 0.321 e. The van der Waals surface area contributed by atoms with Crippen LogP contribution in [-0.4, -0.2) is 17.4 Å². The van der Waals surface area contributed by atoms with Crippen LogP contribution in [0.3, 0.4) is 0 Å². The molecule has 5 rings (SSSR count). The molecule has 1 aliphatic heterocycles. The summed E-state index contributed by atoms with van der Waals surface area (Å²) in [5.74, 6) is -0.990. The summed E-state index contributed by atoms with van der Waals surface area (Å²) in [4.78, 5) is 27.9. The van der Waals surface area contributed by atoms with Gasteiger partial charge in [-0.15, -0.1) is 0 Å². The van der Waals surface area contributed by atoms with Crippen molar-refractivity contribution < 1.29 is 23.5 Å². The number of ether oxygens (including phenoxy) is 2. The van der Waals surface area contributed by atoms with E-state index in [0.717, 1.165) is 11.1 Å². The van der Waals surface area contributed by atoms with Crippen molar-refractivity contribution in [1.82, 2.24) is 0 Å². The molecular weight excluding hydrogens is 407 g/mol. The lowest BCUT2D eigenvalue weighted by Gasteiger charge is -2.39. The second-order valence-corrected chi connectivity index (χ2v) is 9.39. The average Bonchev–Trinajstić information content (AvgIpc) is 3.03. The van der Waals surface area contributed by atoms with Gasteiger partial charge in [0.1, 0.15) is 28.3 Å². The van der Waals surface area contributed by atoms with Crippen LogP contribution in [-0.2, 0) is 16.0 Å². The molecule has 1 aliphatic carbocycles. The molecule has 0 unspecified atom stereocenters. The Labute approximate surface area is 186 Å². The van der Waals surface area contributed by atoms with E-state index in [0.29, 0.717) is 17.1 Å². The molecule has 2 aliphatic rings. The van der Waals surface area contributed by atoms with Crippen LogP contribution in [0.2, 0.25) is 0 Å². The predicted octanol–water partition coefficient (Wildman–Crippen LogP) is 5.83. The lowest BCUT2D eigenvalue weighted by atomic mass is 9.65. The number of para-hydroxylation sites is 2. The first-order chi connectivity index (χ1) is 15.2. The van der Waals surface area contributed by atoms with Gasteiger partial charge in [-0.25, -0.2) is 4.39 Å². The highest BCUT2D eigenvalue weighted by Crippen LogP contribution is 2.57. The Kier molecular flexibility index (Phi) is 4.48. The zero-order valence-electron chi connectivity index (χ0n) is 18.1. The highest BCUT2D eigenvalue weighted by atomic mass is 19.1. The summed E-state index contributed by atoms with van der Waals surface area (Å²) in [6.07, 6.45) is 0.129. The third-order valence-corrected chi connectivity index (χ3v) is 6.13. The summed E-state index contributed by atoms with van der Waals surface area (Å²) in [7, 11) is 0. The van der Waals surface area contributed by atoms with Crippen LogP contribution in [0, 0.1) is 11.2 Å². The molecular formula is C27H23FO4. The second-order valence-electron chi connectivity index (χ2n) is 9.39. The van der Waals surface area contributed by atoms with Gasteiger partial charge in [0.05, 0.1) is 0 Å². The van der Waals surface area contributed by atoms with E-state index < -0.39 is 34.5 Å². The standard InChI is InChI=1S/C27H23FO4/c1-26(2,3)32-25(30)27(15-16-12-13-17(28)14-20(16)24(27)29)23-18-8-4-6-10-21(18)31-22-11-7-5-9-19(22)23/h4-14,23H,15H2,1-3H3/t27-/m1/s1. The molecule has 0 amide bonds. The van der Waals surface area contributed by atoms with Gasteiger partial charge in [-0.3, -0.25) is 9.59 Å². The molecule has 0 saturated carbocycles. The number of fused-ring (bicyclic) bond motifs is 3. The van der Waals surface area contributed by atoms with Crippen molar-refractivity contribution in [1.29, 1.82) is 0 Å². The zero-order chi connectivity index (χ0) is 22.7. The summed E-state index contributed by atoms with van der Waals surface area (Å²) in [6.45, 7) is 5.32. The summed E-state index contributed by atoms with van der Waals surface area (Å²) in [5, 5.41) is 0. The summed E-state index contributed by atoms with van der Waals surface area (Å²) >= 11 is 0. The molecule has 0 bridgehead atoms. The lowest BCUT2D eigenvalue weighted by molar-refractivity contribution is -0.165. The number of halogens is 1. The van der Waals surface area contributed by atoms with Crippen LogP contribution in [0.4, 0.5) is 4.39 Å². The van der Waals surface area contributed by atoms with Gasteiger partial charge in [0.15, 0.2) is 5.78 Å². The molecule has 0 N–H and O–H groups in total. The van der Waals surface area contributed by atoms with E-state index in [1.165, 1.54) is 12.1 Å². The molecule has 0 radical (unpaired) electrons. The van der Waals surface area contributed by atoms with Crippen molar-refractivity contribution >= 4 is 11.8 Å². The fourth-order valence-corrected chi connectivity index (χ4v) is 4.86. The van der Waals surface area contributed by atoms with Crippen LogP contribution in [0.1, 0.15) is 53.7 Å². The Morgan fingerprint density at radius 2 is 1.59 bits per heavy atom. The van der Waals surface area contributed by atoms with Gasteiger partial charge in [0, 0.05) is 22.6 Å². The molecule has 4 nitrogen and oxygen atoms in total. The molecule has 162 valence electrons. The quantitative estimate of drug-likeness (QED) is 0.379. The largest absolute Gasteiger partial charge is 0.459 e. The molecule has 0 aromatic heterocycles. The number of carbonyl (C=O) groups is 2. The Balaban J connectivity index is 1.79. The lowest BCUT2D eigenvalue weighted by Crippen LogP contribution is -2.47. The maximum Gasteiger partial charge on any atom is 0.321 e. The van der Waals surface area contributed by atoms with Gasteiger partial charge in [0.2, 0.25) is 0 Å². The maximum absolute atomic E-state index is 14.1. The van der Waals surface area contributed by atoms with Gasteiger partial charge in [-0.05, 0) is 57.0 Å². The van der Waals surface area contributed by atoms with E-state index in [1.807, 2.05) is 48.5 Å². The number of benzene rings is 3. The van der Waals surface area contributed by atoms with Gasteiger partial charge < -0.3 is 9.47 Å². The van der Waals surface area contributed by atoms with E-state index in [9.17, 15) is 14.0 Å². The van der Waals surface area contributed by atoms with Crippen molar-refractivity contribution in [2.45, 2.75) is 38.7 Å². The van der Waals surface area contributed by atoms with Gasteiger partial charge in [-0.1, -0.05) is 42.5 Å². The topological polar surface area (TPSA) is 52.6 Å². The molecule has 0 saturated heterocycles. The highest BCUT2D eigenvalue weighted by molar-refractivity contribution is 6.17. The number of rotatable bonds is 2. The van der Waals surface area contributed by atoms with Crippen molar-refractivity contribution in [3.8, 4) is 11.5 Å². The first kappa shape index (κ1) is 20.4. The third-order valence-electron chi connectivity index (χ3n) is 6.13. The van der Waals surface area contributed by atoms with Crippen LogP contribution >= 0.6 is 0 Å². The van der Waals surface area contributed by atoms with E-state index in [-0.39, 0.29) is 12.0 Å². The summed E-state index contributed by atoms with van der Waals surface area (Å²) in [6, 6.07) is 19.0. The Bertz CT molecular complexity index is 1210. The fourth-order valence-electron chi connectivity index (χ4n) is 4.86. The number of carbonyl (C=O) groups excluding carboxylic acids is 2. The Morgan fingerprint density at radius 1 is 1.00 bits per heavy atom. The first-order valence-electron chi connectivity index (χ1n) is 10.6. The summed E-state index contributed by atoms with van der Waals surface area (Å²) < 4.78 is 26.0. The van der Waals surface area contributed by atoms with E-state index in [4.69, 9.17) is 9.47 Å². The SMILES string of the molecule is CC(C)(C)OC(=O)[C@@]1(C2c3ccccc3Oc3ccccc32)Cc2ccc(F)cc2C1=O. The monoisotopic (exact) mass is 430 g/mol. The van der Waals surface area contributed by atoms with Crippen LogP contribution in [0.5, 0.6) is 11.5 Å². The van der Waals surface area contributed by atoms with E-state index in [1.54, 1.807) is 26.8 Å². The number of hydrogen-bond acceptors (Lipinski definition) is 4. The average molecular weight is 430 g/mol. The third kappa shape index (κ3) is 3.03. The van der Waals surface area contributed by atoms with E-state index in [2.05, 4.69) is 0 Å². The molecule has 0 fully saturated rings. The molecule has 3 aromatic rings. The van der Waals surface area contributed by atoms with Crippen molar-refractivity contribution in [3.63, 3.8) is 0 Å². The predicted molar refractivity (Wildman–Crippen MR) is 118 cm³/mol. The van der Waals surface area contributed by atoms with Crippen molar-refractivity contribution in [3.05, 3.63) is 94.8 Å². The van der Waals surface area contributed by atoms with Crippen LogP contribution in [0.15, 0.2) is 66.7 Å². The molecule has 0 spiro atoms. The van der Waals surface area contributed by atoms with Gasteiger partial charge in [0.25, 0.3) is 0 Å². The normalized spacial score (nSPS) is 19.6. The molecule has 1 heterocycles. The van der Waals surface area contributed by atoms with Crippen molar-refractivity contribution in [2.75, 3.05) is 0 Å². The van der Waals surface area contributed by atoms with Crippen LogP contribution in [0.25, 0.3) is 0 Å². The highest BCUT2D eigenvalue weighted by Gasteiger charge is 2.60. The van der Waals surface area contributed by atoms with E-state index >= 15 is 0 Å². The minimum Gasteiger partial charge on any atom is -0.459 e.